The lowest BCUT2D eigenvalue weighted by atomic mass is 9.72. The highest BCUT2D eigenvalue weighted by Gasteiger charge is 2.29. The van der Waals surface area contributed by atoms with E-state index in [0.29, 0.717) is 18.1 Å². The number of carbonyl (C=O) groups excluding carboxylic acids is 1. The molecule has 0 radical (unpaired) electrons. The molecule has 1 heterocycles. The summed E-state index contributed by atoms with van der Waals surface area (Å²) < 4.78 is 15.0. The molecule has 1 aromatic heterocycles. The maximum atomic E-state index is 13.4. The van der Waals surface area contributed by atoms with Gasteiger partial charge in [0.2, 0.25) is 0 Å². The summed E-state index contributed by atoms with van der Waals surface area (Å²) >= 11 is 0. The second kappa shape index (κ2) is 7.48. The lowest BCUT2D eigenvalue weighted by molar-refractivity contribution is 0.174. The number of aromatic nitrogens is 2. The van der Waals surface area contributed by atoms with Gasteiger partial charge in [0.1, 0.15) is 5.82 Å². The minimum atomic E-state index is -0.320. The summed E-state index contributed by atoms with van der Waals surface area (Å²) in [6.45, 7) is 7.05. The quantitative estimate of drug-likeness (QED) is 0.835. The molecule has 2 N–H and O–H groups in total. The number of anilines is 1. The van der Waals surface area contributed by atoms with Crippen molar-refractivity contribution < 1.29 is 9.18 Å². The van der Waals surface area contributed by atoms with Crippen molar-refractivity contribution in [2.45, 2.75) is 46.5 Å². The van der Waals surface area contributed by atoms with Crippen LogP contribution < -0.4 is 10.6 Å². The molecular weight excluding hydrogens is 331 g/mol. The Balaban J connectivity index is 1.59. The van der Waals surface area contributed by atoms with Gasteiger partial charge in [0.15, 0.2) is 5.82 Å². The molecule has 1 aromatic carbocycles. The largest absolute Gasteiger partial charge is 0.337 e. The first-order valence-corrected chi connectivity index (χ1v) is 9.22. The second-order valence-corrected chi connectivity index (χ2v) is 7.86. The van der Waals surface area contributed by atoms with Gasteiger partial charge in [-0.15, -0.1) is 5.10 Å². The van der Waals surface area contributed by atoms with Crippen molar-refractivity contribution in [2.75, 3.05) is 11.9 Å². The number of amides is 2. The van der Waals surface area contributed by atoms with Crippen molar-refractivity contribution in [1.82, 2.24) is 15.1 Å². The number of benzene rings is 1. The summed E-state index contributed by atoms with van der Waals surface area (Å²) in [5.74, 6) is 0.915. The Kier molecular flexibility index (Phi) is 5.30. The minimum Gasteiger partial charge on any atom is -0.337 e. The first-order valence-electron chi connectivity index (χ1n) is 9.22. The van der Waals surface area contributed by atoms with Gasteiger partial charge >= 0.3 is 6.03 Å². The summed E-state index contributed by atoms with van der Waals surface area (Å²) in [4.78, 5) is 12.2. The third-order valence-corrected chi connectivity index (χ3v) is 5.34. The molecule has 0 aliphatic heterocycles. The Bertz CT molecular complexity index is 778. The van der Waals surface area contributed by atoms with Crippen LogP contribution in [0.2, 0.25) is 0 Å². The van der Waals surface area contributed by atoms with Crippen LogP contribution in [0.25, 0.3) is 5.69 Å². The monoisotopic (exact) mass is 358 g/mol. The van der Waals surface area contributed by atoms with E-state index >= 15 is 0 Å². The first kappa shape index (κ1) is 18.4. The topological polar surface area (TPSA) is 59.0 Å². The Morgan fingerprint density at radius 1 is 1.35 bits per heavy atom. The van der Waals surface area contributed by atoms with Crippen LogP contribution in [0.3, 0.4) is 0 Å². The number of carbonyl (C=O) groups is 1. The molecule has 6 heteroatoms. The molecule has 5 nitrogen and oxygen atoms in total. The van der Waals surface area contributed by atoms with E-state index in [0.717, 1.165) is 24.5 Å². The number of nitrogens with one attached hydrogen (secondary N) is 2. The average molecular weight is 358 g/mol. The summed E-state index contributed by atoms with van der Waals surface area (Å²) in [5.41, 5.74) is 1.61. The molecule has 0 bridgehead atoms. The molecule has 1 aliphatic carbocycles. The van der Waals surface area contributed by atoms with Crippen molar-refractivity contribution in [3.05, 3.63) is 41.8 Å². The molecule has 0 atom stereocenters. The normalized spacial score (nSPS) is 22.8. The number of aryl methyl sites for hydroxylation is 1. The van der Waals surface area contributed by atoms with E-state index < -0.39 is 0 Å². The zero-order valence-electron chi connectivity index (χ0n) is 15.7. The van der Waals surface area contributed by atoms with Crippen LogP contribution in [0, 0.1) is 24.1 Å². The van der Waals surface area contributed by atoms with Crippen LogP contribution in [0.1, 0.15) is 45.2 Å². The SMILES string of the molecule is Cc1cc(NC(=O)NCC2(C)CCC(C)CC2)nn1-c1cccc(F)c1. The Hall–Kier alpha value is -2.37. The number of urea groups is 1. The fourth-order valence-electron chi connectivity index (χ4n) is 3.49. The Labute approximate surface area is 154 Å². The first-order chi connectivity index (χ1) is 12.3. The second-order valence-electron chi connectivity index (χ2n) is 7.86. The van der Waals surface area contributed by atoms with Gasteiger partial charge in [-0.1, -0.05) is 32.8 Å². The predicted octanol–water partition coefficient (Wildman–Crippen LogP) is 4.66. The molecule has 3 rings (SSSR count). The van der Waals surface area contributed by atoms with Crippen LogP contribution >= 0.6 is 0 Å². The van der Waals surface area contributed by atoms with Gasteiger partial charge in [-0.3, -0.25) is 5.32 Å². The summed E-state index contributed by atoms with van der Waals surface area (Å²) in [6, 6.07) is 7.73. The van der Waals surface area contributed by atoms with Gasteiger partial charge in [0, 0.05) is 18.3 Å². The number of halogens is 1. The van der Waals surface area contributed by atoms with E-state index in [-0.39, 0.29) is 17.3 Å². The summed E-state index contributed by atoms with van der Waals surface area (Å²) in [5, 5.41) is 10.1. The molecule has 1 aliphatic rings. The van der Waals surface area contributed by atoms with Crippen LogP contribution in [-0.4, -0.2) is 22.4 Å². The van der Waals surface area contributed by atoms with Gasteiger partial charge in [-0.2, -0.15) is 0 Å². The highest BCUT2D eigenvalue weighted by atomic mass is 19.1. The lowest BCUT2D eigenvalue weighted by Crippen LogP contribution is -2.40. The van der Waals surface area contributed by atoms with E-state index in [1.807, 2.05) is 6.92 Å². The molecule has 1 fully saturated rings. The van der Waals surface area contributed by atoms with Gasteiger partial charge in [-0.25, -0.2) is 13.9 Å². The van der Waals surface area contributed by atoms with Crippen molar-refractivity contribution in [3.8, 4) is 5.69 Å². The minimum absolute atomic E-state index is 0.167. The Morgan fingerprint density at radius 2 is 2.08 bits per heavy atom. The molecule has 140 valence electrons. The molecule has 26 heavy (non-hydrogen) atoms. The summed E-state index contributed by atoms with van der Waals surface area (Å²) in [7, 11) is 0. The molecule has 2 amide bonds. The maximum absolute atomic E-state index is 13.4. The van der Waals surface area contributed by atoms with Gasteiger partial charge in [0.05, 0.1) is 5.69 Å². The van der Waals surface area contributed by atoms with Crippen LogP contribution in [-0.2, 0) is 0 Å². The van der Waals surface area contributed by atoms with Gasteiger partial charge in [0.25, 0.3) is 0 Å². The molecule has 1 saturated carbocycles. The van der Waals surface area contributed by atoms with Crippen LogP contribution in [0.5, 0.6) is 0 Å². The molecular formula is C20H27FN4O. The molecule has 0 spiro atoms. The third-order valence-electron chi connectivity index (χ3n) is 5.34. The van der Waals surface area contributed by atoms with E-state index in [1.165, 1.54) is 25.0 Å². The zero-order chi connectivity index (χ0) is 18.7. The maximum Gasteiger partial charge on any atom is 0.320 e. The number of hydrogen-bond donors (Lipinski definition) is 2. The molecule has 2 aromatic rings. The van der Waals surface area contributed by atoms with Gasteiger partial charge in [-0.05, 0) is 49.3 Å². The predicted molar refractivity (Wildman–Crippen MR) is 101 cm³/mol. The number of hydrogen-bond acceptors (Lipinski definition) is 2. The zero-order valence-corrected chi connectivity index (χ0v) is 15.7. The van der Waals surface area contributed by atoms with E-state index in [9.17, 15) is 9.18 Å². The number of rotatable bonds is 4. The van der Waals surface area contributed by atoms with Crippen molar-refractivity contribution in [1.29, 1.82) is 0 Å². The van der Waals surface area contributed by atoms with Crippen molar-refractivity contribution in [3.63, 3.8) is 0 Å². The Morgan fingerprint density at radius 3 is 2.77 bits per heavy atom. The smallest absolute Gasteiger partial charge is 0.320 e. The summed E-state index contributed by atoms with van der Waals surface area (Å²) in [6.07, 6.45) is 4.72. The van der Waals surface area contributed by atoms with Gasteiger partial charge < -0.3 is 5.32 Å². The van der Waals surface area contributed by atoms with Crippen molar-refractivity contribution in [2.24, 2.45) is 11.3 Å². The highest BCUT2D eigenvalue weighted by molar-refractivity contribution is 5.88. The molecule has 0 unspecified atom stereocenters. The number of nitrogens with zero attached hydrogens (tertiary/aromatic N) is 2. The average Bonchev–Trinajstić information content (AvgIpc) is 2.96. The van der Waals surface area contributed by atoms with Crippen LogP contribution in [0.4, 0.5) is 15.0 Å². The fourth-order valence-corrected chi connectivity index (χ4v) is 3.49. The van der Waals surface area contributed by atoms with E-state index in [4.69, 9.17) is 0 Å². The highest BCUT2D eigenvalue weighted by Crippen LogP contribution is 2.37. The standard InChI is InChI=1S/C20H27FN4O/c1-14-7-9-20(3,10-8-14)13-22-19(26)23-18-11-15(2)25(24-18)17-6-4-5-16(21)12-17/h4-6,11-12,14H,7-10,13H2,1-3H3,(H2,22,23,24,26). The van der Waals surface area contributed by atoms with Crippen molar-refractivity contribution >= 4 is 11.8 Å². The molecule has 0 saturated heterocycles. The lowest BCUT2D eigenvalue weighted by Gasteiger charge is -2.36. The van der Waals surface area contributed by atoms with E-state index in [1.54, 1.807) is 22.9 Å². The fraction of sp³-hybridized carbons (Fsp3) is 0.500. The van der Waals surface area contributed by atoms with E-state index in [2.05, 4.69) is 29.6 Å². The third kappa shape index (κ3) is 4.42. The van der Waals surface area contributed by atoms with Crippen LogP contribution in [0.15, 0.2) is 30.3 Å².